The molecule has 1 fully saturated rings. The molecule has 1 aromatic heterocycles. The highest BCUT2D eigenvalue weighted by Gasteiger charge is 2.32. The Hall–Kier alpha value is -1.35. The first-order valence-electron chi connectivity index (χ1n) is 7.28. The van der Waals surface area contributed by atoms with E-state index in [1.54, 1.807) is 0 Å². The molecule has 1 aliphatic carbocycles. The van der Waals surface area contributed by atoms with Crippen LogP contribution < -0.4 is 5.73 Å². The summed E-state index contributed by atoms with van der Waals surface area (Å²) in [5.74, 6) is 0.858. The normalized spacial score (nSPS) is 18.8. The van der Waals surface area contributed by atoms with Gasteiger partial charge in [0.2, 0.25) is 0 Å². The van der Waals surface area contributed by atoms with Crippen molar-refractivity contribution in [1.82, 2.24) is 4.98 Å². The molecule has 102 valence electrons. The molecule has 3 nitrogen and oxygen atoms in total. The number of nitrogens with two attached hydrogens (primary N) is 1. The highest BCUT2D eigenvalue weighted by Crippen LogP contribution is 2.38. The number of nitrogens with zero attached hydrogens (tertiary/aromatic N) is 1. The van der Waals surface area contributed by atoms with Gasteiger partial charge < -0.3 is 10.2 Å². The highest BCUT2D eigenvalue weighted by molar-refractivity contribution is 5.76. The Bertz CT molecular complexity index is 567. The predicted octanol–water partition coefficient (Wildman–Crippen LogP) is 3.59. The van der Waals surface area contributed by atoms with Gasteiger partial charge in [0.1, 0.15) is 5.52 Å². The number of hydrogen-bond donors (Lipinski definition) is 1. The number of oxazole rings is 1. The summed E-state index contributed by atoms with van der Waals surface area (Å²) in [7, 11) is 0. The second-order valence-electron chi connectivity index (χ2n) is 5.97. The van der Waals surface area contributed by atoms with Crippen molar-refractivity contribution in [3.05, 3.63) is 29.7 Å². The first-order chi connectivity index (χ1) is 9.22. The minimum atomic E-state index is 0.215. The fourth-order valence-corrected chi connectivity index (χ4v) is 3.28. The topological polar surface area (TPSA) is 52.0 Å². The monoisotopic (exact) mass is 258 g/mol. The predicted molar refractivity (Wildman–Crippen MR) is 77.0 cm³/mol. The maximum atomic E-state index is 6.04. The molecule has 0 atom stereocenters. The molecular weight excluding hydrogens is 236 g/mol. The summed E-state index contributed by atoms with van der Waals surface area (Å²) in [6, 6.07) is 6.09. The molecule has 1 aliphatic rings. The van der Waals surface area contributed by atoms with E-state index in [1.165, 1.54) is 37.7 Å². The molecule has 0 bridgehead atoms. The lowest BCUT2D eigenvalue weighted by molar-refractivity contribution is 0.184. The number of rotatable bonds is 3. The van der Waals surface area contributed by atoms with Gasteiger partial charge in [0, 0.05) is 6.42 Å². The zero-order valence-electron chi connectivity index (χ0n) is 11.6. The van der Waals surface area contributed by atoms with Crippen LogP contribution in [0.15, 0.2) is 22.6 Å². The Balaban J connectivity index is 1.89. The molecular formula is C16H22N2O. The van der Waals surface area contributed by atoms with E-state index >= 15 is 0 Å². The molecule has 0 amide bonds. The molecule has 2 N–H and O–H groups in total. The first-order valence-corrected chi connectivity index (χ1v) is 7.28. The summed E-state index contributed by atoms with van der Waals surface area (Å²) in [5.41, 5.74) is 9.34. The molecule has 3 rings (SSSR count). The van der Waals surface area contributed by atoms with E-state index in [1.807, 2.05) is 12.1 Å². The molecule has 0 aliphatic heterocycles. The third kappa shape index (κ3) is 2.39. The molecule has 0 radical (unpaired) electrons. The minimum absolute atomic E-state index is 0.215. The zero-order chi connectivity index (χ0) is 13.3. The standard InChI is InChI=1S/C16H22N2O/c1-12-6-5-7-13-15(12)18-14(19-13)10-16(11-17)8-3-2-4-9-16/h5-7H,2-4,8-11,17H2,1H3. The lowest BCUT2D eigenvalue weighted by atomic mass is 9.72. The van der Waals surface area contributed by atoms with Crippen molar-refractivity contribution in [2.24, 2.45) is 11.1 Å². The van der Waals surface area contributed by atoms with Crippen molar-refractivity contribution in [2.45, 2.75) is 45.4 Å². The second kappa shape index (κ2) is 4.97. The lowest BCUT2D eigenvalue weighted by Gasteiger charge is -2.35. The van der Waals surface area contributed by atoms with Crippen molar-refractivity contribution in [2.75, 3.05) is 6.54 Å². The number of hydrogen-bond acceptors (Lipinski definition) is 3. The van der Waals surface area contributed by atoms with Gasteiger partial charge in [0.25, 0.3) is 0 Å². The summed E-state index contributed by atoms with van der Waals surface area (Å²) in [5, 5.41) is 0. The van der Waals surface area contributed by atoms with Gasteiger partial charge in [-0.25, -0.2) is 4.98 Å². The van der Waals surface area contributed by atoms with Gasteiger partial charge in [-0.3, -0.25) is 0 Å². The van der Waals surface area contributed by atoms with E-state index in [-0.39, 0.29) is 5.41 Å². The third-order valence-corrected chi connectivity index (χ3v) is 4.54. The Morgan fingerprint density at radius 1 is 1.26 bits per heavy atom. The van der Waals surface area contributed by atoms with Crippen LogP contribution in [0.2, 0.25) is 0 Å². The van der Waals surface area contributed by atoms with Crippen molar-refractivity contribution in [3.8, 4) is 0 Å². The molecule has 0 unspecified atom stereocenters. The molecule has 2 aromatic rings. The molecule has 3 heteroatoms. The number of para-hydroxylation sites is 1. The van der Waals surface area contributed by atoms with E-state index in [0.29, 0.717) is 0 Å². The van der Waals surface area contributed by atoms with Crippen molar-refractivity contribution in [1.29, 1.82) is 0 Å². The van der Waals surface area contributed by atoms with Crippen LogP contribution in [0.25, 0.3) is 11.1 Å². The Morgan fingerprint density at radius 2 is 2.05 bits per heavy atom. The highest BCUT2D eigenvalue weighted by atomic mass is 16.3. The fraction of sp³-hybridized carbons (Fsp3) is 0.562. The van der Waals surface area contributed by atoms with Crippen LogP contribution in [0.4, 0.5) is 0 Å². The van der Waals surface area contributed by atoms with E-state index in [0.717, 1.165) is 30.0 Å². The van der Waals surface area contributed by atoms with Crippen LogP contribution in [-0.2, 0) is 6.42 Å². The fourth-order valence-electron chi connectivity index (χ4n) is 3.28. The van der Waals surface area contributed by atoms with E-state index in [4.69, 9.17) is 10.2 Å². The van der Waals surface area contributed by atoms with Crippen LogP contribution in [-0.4, -0.2) is 11.5 Å². The summed E-state index contributed by atoms with van der Waals surface area (Å²) in [6.45, 7) is 2.82. The minimum Gasteiger partial charge on any atom is -0.441 e. The third-order valence-electron chi connectivity index (χ3n) is 4.54. The Morgan fingerprint density at radius 3 is 2.74 bits per heavy atom. The van der Waals surface area contributed by atoms with E-state index in [9.17, 15) is 0 Å². The van der Waals surface area contributed by atoms with E-state index in [2.05, 4.69) is 18.0 Å². The largest absolute Gasteiger partial charge is 0.441 e. The molecule has 1 saturated carbocycles. The van der Waals surface area contributed by atoms with Crippen LogP contribution in [0, 0.1) is 12.3 Å². The Kier molecular flexibility index (Phi) is 3.31. The molecule has 1 aromatic carbocycles. The molecule has 19 heavy (non-hydrogen) atoms. The van der Waals surface area contributed by atoms with Gasteiger partial charge in [-0.15, -0.1) is 0 Å². The number of aryl methyl sites for hydroxylation is 1. The van der Waals surface area contributed by atoms with Gasteiger partial charge in [0.05, 0.1) is 0 Å². The van der Waals surface area contributed by atoms with Gasteiger partial charge in [0.15, 0.2) is 11.5 Å². The quantitative estimate of drug-likeness (QED) is 0.915. The Labute approximate surface area is 114 Å². The first kappa shape index (κ1) is 12.7. The van der Waals surface area contributed by atoms with Crippen LogP contribution in [0.5, 0.6) is 0 Å². The van der Waals surface area contributed by atoms with Gasteiger partial charge in [-0.1, -0.05) is 31.4 Å². The van der Waals surface area contributed by atoms with Crippen molar-refractivity contribution >= 4 is 11.1 Å². The maximum Gasteiger partial charge on any atom is 0.196 e. The molecule has 0 spiro atoms. The number of benzene rings is 1. The maximum absolute atomic E-state index is 6.04. The van der Waals surface area contributed by atoms with Gasteiger partial charge in [-0.05, 0) is 43.4 Å². The average molecular weight is 258 g/mol. The zero-order valence-corrected chi connectivity index (χ0v) is 11.6. The number of fused-ring (bicyclic) bond motifs is 1. The summed E-state index contributed by atoms with van der Waals surface area (Å²) >= 11 is 0. The summed E-state index contributed by atoms with van der Waals surface area (Å²) in [6.07, 6.45) is 7.22. The van der Waals surface area contributed by atoms with Crippen LogP contribution in [0.3, 0.4) is 0 Å². The van der Waals surface area contributed by atoms with Crippen molar-refractivity contribution in [3.63, 3.8) is 0 Å². The molecule has 1 heterocycles. The lowest BCUT2D eigenvalue weighted by Crippen LogP contribution is -2.35. The van der Waals surface area contributed by atoms with Gasteiger partial charge >= 0.3 is 0 Å². The summed E-state index contributed by atoms with van der Waals surface area (Å²) in [4.78, 5) is 4.68. The molecule has 0 saturated heterocycles. The van der Waals surface area contributed by atoms with E-state index < -0.39 is 0 Å². The summed E-state index contributed by atoms with van der Waals surface area (Å²) < 4.78 is 5.91. The van der Waals surface area contributed by atoms with Crippen LogP contribution >= 0.6 is 0 Å². The van der Waals surface area contributed by atoms with Gasteiger partial charge in [-0.2, -0.15) is 0 Å². The second-order valence-corrected chi connectivity index (χ2v) is 5.97. The van der Waals surface area contributed by atoms with Crippen LogP contribution in [0.1, 0.15) is 43.6 Å². The number of aromatic nitrogens is 1. The van der Waals surface area contributed by atoms with Crippen molar-refractivity contribution < 1.29 is 4.42 Å². The smallest absolute Gasteiger partial charge is 0.196 e. The average Bonchev–Trinajstić information content (AvgIpc) is 2.83. The SMILES string of the molecule is Cc1cccc2oc(CC3(CN)CCCCC3)nc12.